The van der Waals surface area contributed by atoms with E-state index in [2.05, 4.69) is 4.99 Å². The predicted molar refractivity (Wildman–Crippen MR) is 52.5 cm³/mol. The monoisotopic (exact) mass is 219 g/mol. The lowest BCUT2D eigenvalue weighted by Crippen LogP contribution is -2.11. The third kappa shape index (κ3) is 13.2. The molecule has 0 aromatic rings. The fourth-order valence-electron chi connectivity index (χ4n) is 0.762. The zero-order valence-electron chi connectivity index (χ0n) is 8.68. The van der Waals surface area contributed by atoms with Crippen LogP contribution in [0.3, 0.4) is 0 Å². The van der Waals surface area contributed by atoms with Crippen molar-refractivity contribution in [3.05, 3.63) is 0 Å². The summed E-state index contributed by atoms with van der Waals surface area (Å²) >= 11 is 0. The van der Waals surface area contributed by atoms with E-state index in [-0.39, 0.29) is 6.61 Å². The average Bonchev–Trinajstić information content (AvgIpc) is 2.26. The maximum atomic E-state index is 9.66. The summed E-state index contributed by atoms with van der Waals surface area (Å²) in [6.07, 6.45) is 1.43. The van der Waals surface area contributed by atoms with E-state index >= 15 is 0 Å². The van der Waals surface area contributed by atoms with Gasteiger partial charge in [-0.05, 0) is 0 Å². The van der Waals surface area contributed by atoms with Crippen LogP contribution in [0, 0.1) is 0 Å². The molecule has 0 aromatic heterocycles. The van der Waals surface area contributed by atoms with Crippen molar-refractivity contribution < 1.29 is 24.1 Å². The summed E-state index contributed by atoms with van der Waals surface area (Å²) in [6, 6.07) is 0. The highest BCUT2D eigenvalue weighted by Gasteiger charge is 1.90. The van der Waals surface area contributed by atoms with E-state index in [0.717, 1.165) is 0 Å². The molecule has 0 spiro atoms. The van der Waals surface area contributed by atoms with Crippen LogP contribution in [0.1, 0.15) is 0 Å². The first-order valence-corrected chi connectivity index (χ1v) is 4.79. The maximum Gasteiger partial charge on any atom is 0.235 e. The van der Waals surface area contributed by atoms with Crippen molar-refractivity contribution in [2.24, 2.45) is 4.99 Å². The standard InChI is InChI=1S/C9H17NO5/c11-2-4-14-6-8-15-7-5-13-3-1-10-9-12/h11H,1-8H2. The van der Waals surface area contributed by atoms with Crippen LogP contribution in [0.2, 0.25) is 0 Å². The van der Waals surface area contributed by atoms with Crippen LogP contribution < -0.4 is 0 Å². The van der Waals surface area contributed by atoms with Gasteiger partial charge >= 0.3 is 0 Å². The minimum atomic E-state index is 0.0281. The second-order valence-electron chi connectivity index (χ2n) is 2.53. The molecule has 1 N–H and O–H groups in total. The van der Waals surface area contributed by atoms with Gasteiger partial charge in [0.05, 0.1) is 52.8 Å². The zero-order valence-corrected chi connectivity index (χ0v) is 8.68. The Morgan fingerprint density at radius 1 is 0.933 bits per heavy atom. The highest BCUT2D eigenvalue weighted by atomic mass is 16.5. The van der Waals surface area contributed by atoms with Gasteiger partial charge in [0.2, 0.25) is 6.08 Å². The van der Waals surface area contributed by atoms with Crippen LogP contribution >= 0.6 is 0 Å². The molecule has 0 radical (unpaired) electrons. The number of aliphatic imine (C=N–C) groups is 1. The summed E-state index contributed by atoms with van der Waals surface area (Å²) in [7, 11) is 0. The first-order chi connectivity index (χ1) is 7.41. The number of aliphatic hydroxyl groups excluding tert-OH is 1. The van der Waals surface area contributed by atoms with E-state index in [0.29, 0.717) is 46.2 Å². The van der Waals surface area contributed by atoms with E-state index in [1.54, 1.807) is 0 Å². The van der Waals surface area contributed by atoms with Crippen LogP contribution in [0.4, 0.5) is 0 Å². The number of hydrogen-bond acceptors (Lipinski definition) is 6. The lowest BCUT2D eigenvalue weighted by atomic mass is 10.7. The number of isocyanates is 1. The quantitative estimate of drug-likeness (QED) is 0.284. The van der Waals surface area contributed by atoms with E-state index in [1.165, 1.54) is 6.08 Å². The van der Waals surface area contributed by atoms with E-state index < -0.39 is 0 Å². The van der Waals surface area contributed by atoms with Crippen LogP contribution in [0.15, 0.2) is 4.99 Å². The van der Waals surface area contributed by atoms with Crippen molar-refractivity contribution >= 4 is 6.08 Å². The summed E-state index contributed by atoms with van der Waals surface area (Å²) in [4.78, 5) is 13.0. The Bertz CT molecular complexity index is 170. The van der Waals surface area contributed by atoms with Gasteiger partial charge in [-0.2, -0.15) is 0 Å². The molecule has 0 aliphatic carbocycles. The van der Waals surface area contributed by atoms with Crippen LogP contribution in [-0.2, 0) is 19.0 Å². The van der Waals surface area contributed by atoms with Gasteiger partial charge in [0.25, 0.3) is 0 Å². The fourth-order valence-corrected chi connectivity index (χ4v) is 0.762. The van der Waals surface area contributed by atoms with Crippen molar-refractivity contribution in [2.75, 3.05) is 52.8 Å². The Labute approximate surface area is 88.9 Å². The minimum absolute atomic E-state index is 0.0281. The van der Waals surface area contributed by atoms with E-state index in [4.69, 9.17) is 19.3 Å². The Kier molecular flexibility index (Phi) is 12.5. The highest BCUT2D eigenvalue weighted by Crippen LogP contribution is 1.81. The molecular weight excluding hydrogens is 202 g/mol. The van der Waals surface area contributed by atoms with E-state index in [1.807, 2.05) is 0 Å². The number of aliphatic hydroxyl groups is 1. The topological polar surface area (TPSA) is 77.4 Å². The Balaban J connectivity index is 2.89. The van der Waals surface area contributed by atoms with Crippen molar-refractivity contribution in [2.45, 2.75) is 0 Å². The van der Waals surface area contributed by atoms with Crippen LogP contribution in [-0.4, -0.2) is 64.0 Å². The minimum Gasteiger partial charge on any atom is -0.394 e. The molecule has 0 amide bonds. The number of nitrogens with zero attached hydrogens (tertiary/aromatic N) is 1. The molecule has 88 valence electrons. The summed E-state index contributed by atoms with van der Waals surface area (Å²) < 4.78 is 15.2. The number of carbonyl (C=O) groups excluding carboxylic acids is 1. The van der Waals surface area contributed by atoms with Gasteiger partial charge in [-0.1, -0.05) is 0 Å². The van der Waals surface area contributed by atoms with Gasteiger partial charge in [-0.3, -0.25) is 0 Å². The average molecular weight is 219 g/mol. The molecule has 0 bridgehead atoms. The predicted octanol–water partition coefficient (Wildman–Crippen LogP) is -0.636. The van der Waals surface area contributed by atoms with Crippen LogP contribution in [0.5, 0.6) is 0 Å². The van der Waals surface area contributed by atoms with Crippen LogP contribution in [0.25, 0.3) is 0 Å². The number of rotatable bonds is 11. The van der Waals surface area contributed by atoms with Crippen molar-refractivity contribution in [3.63, 3.8) is 0 Å². The molecule has 6 heteroatoms. The Hall–Kier alpha value is -0.780. The molecule has 0 saturated carbocycles. The molecule has 0 aromatic carbocycles. The normalized spacial score (nSPS) is 9.93. The second-order valence-corrected chi connectivity index (χ2v) is 2.53. The molecule has 0 rings (SSSR count). The van der Waals surface area contributed by atoms with Gasteiger partial charge in [-0.15, -0.1) is 0 Å². The van der Waals surface area contributed by atoms with Gasteiger partial charge in [0.1, 0.15) is 0 Å². The summed E-state index contributed by atoms with van der Waals surface area (Å²) in [5.74, 6) is 0. The van der Waals surface area contributed by atoms with Crippen molar-refractivity contribution in [3.8, 4) is 0 Å². The summed E-state index contributed by atoms with van der Waals surface area (Å²) in [5, 5.41) is 8.39. The molecule has 0 heterocycles. The Morgan fingerprint density at radius 2 is 1.47 bits per heavy atom. The molecule has 0 aliphatic rings. The molecule has 0 fully saturated rings. The number of hydrogen-bond donors (Lipinski definition) is 1. The molecule has 15 heavy (non-hydrogen) atoms. The summed E-state index contributed by atoms with van der Waals surface area (Å²) in [6.45, 7) is 3.00. The number of ether oxygens (including phenoxy) is 3. The van der Waals surface area contributed by atoms with Gasteiger partial charge in [-0.25, -0.2) is 9.79 Å². The third-order valence-corrected chi connectivity index (χ3v) is 1.39. The van der Waals surface area contributed by atoms with Gasteiger partial charge < -0.3 is 19.3 Å². The van der Waals surface area contributed by atoms with E-state index in [9.17, 15) is 4.79 Å². The first kappa shape index (κ1) is 14.2. The van der Waals surface area contributed by atoms with Gasteiger partial charge in [0, 0.05) is 0 Å². The van der Waals surface area contributed by atoms with Crippen molar-refractivity contribution in [1.29, 1.82) is 0 Å². The first-order valence-electron chi connectivity index (χ1n) is 4.79. The Morgan fingerprint density at radius 3 is 2.00 bits per heavy atom. The lowest BCUT2D eigenvalue weighted by Gasteiger charge is -2.04. The molecule has 0 atom stereocenters. The zero-order chi connectivity index (χ0) is 11.2. The maximum absolute atomic E-state index is 9.66. The second kappa shape index (κ2) is 13.2. The SMILES string of the molecule is O=C=NCCOCCOCCOCCO. The highest BCUT2D eigenvalue weighted by molar-refractivity contribution is 5.32. The largest absolute Gasteiger partial charge is 0.394 e. The molecular formula is C9H17NO5. The molecule has 0 aliphatic heterocycles. The fraction of sp³-hybridized carbons (Fsp3) is 0.889. The molecule has 0 unspecified atom stereocenters. The van der Waals surface area contributed by atoms with Crippen molar-refractivity contribution in [1.82, 2.24) is 0 Å². The molecule has 0 saturated heterocycles. The lowest BCUT2D eigenvalue weighted by molar-refractivity contribution is 0.00893. The van der Waals surface area contributed by atoms with Gasteiger partial charge in [0.15, 0.2) is 0 Å². The smallest absolute Gasteiger partial charge is 0.235 e. The molecule has 6 nitrogen and oxygen atoms in total. The third-order valence-electron chi connectivity index (χ3n) is 1.39. The summed E-state index contributed by atoms with van der Waals surface area (Å²) in [5.41, 5.74) is 0.